The number of nitrogens with zero attached hydrogens (tertiary/aromatic N) is 3. The highest BCUT2D eigenvalue weighted by Crippen LogP contribution is 2.23. The van der Waals surface area contributed by atoms with E-state index in [4.69, 9.17) is 16.0 Å². The minimum atomic E-state index is -0.115. The quantitative estimate of drug-likeness (QED) is 0.934. The molecule has 1 saturated heterocycles. The summed E-state index contributed by atoms with van der Waals surface area (Å²) in [7, 11) is 1.66. The van der Waals surface area contributed by atoms with Gasteiger partial charge in [0.05, 0.1) is 12.6 Å². The third-order valence-electron chi connectivity index (χ3n) is 3.81. The van der Waals surface area contributed by atoms with E-state index in [1.807, 2.05) is 12.1 Å². The van der Waals surface area contributed by atoms with Crippen molar-refractivity contribution in [3.05, 3.63) is 35.2 Å². The van der Waals surface area contributed by atoms with E-state index in [0.717, 1.165) is 24.9 Å². The minimum absolute atomic E-state index is 0.0370. The number of rotatable bonds is 4. The van der Waals surface area contributed by atoms with Crippen molar-refractivity contribution in [2.45, 2.75) is 25.4 Å². The van der Waals surface area contributed by atoms with Crippen LogP contribution in [-0.2, 0) is 11.3 Å². The molecule has 1 aromatic heterocycles. The highest BCUT2D eigenvalue weighted by molar-refractivity contribution is 6.30. The summed E-state index contributed by atoms with van der Waals surface area (Å²) in [6, 6.07) is 7.12. The molecule has 2 heterocycles. The standard InChI is InChI=1S/C15H17ClN4O2/c1-17-14(21)12-3-2-8-20(12)9-13-18-19-15(22-13)10-4-6-11(16)7-5-10/h4-7,12H,2-3,8-9H2,1H3,(H,17,21). The highest BCUT2D eigenvalue weighted by atomic mass is 35.5. The van der Waals surface area contributed by atoms with Gasteiger partial charge in [0.2, 0.25) is 17.7 Å². The number of hydrogen-bond donors (Lipinski definition) is 1. The number of benzene rings is 1. The van der Waals surface area contributed by atoms with Gasteiger partial charge in [0.25, 0.3) is 0 Å². The number of halogens is 1. The lowest BCUT2D eigenvalue weighted by Gasteiger charge is -2.20. The van der Waals surface area contributed by atoms with Crippen LogP contribution in [0.5, 0.6) is 0 Å². The van der Waals surface area contributed by atoms with Gasteiger partial charge in [-0.15, -0.1) is 10.2 Å². The van der Waals surface area contributed by atoms with Crippen LogP contribution >= 0.6 is 11.6 Å². The largest absolute Gasteiger partial charge is 0.419 e. The molecule has 0 bridgehead atoms. The molecule has 1 aromatic carbocycles. The number of likely N-dealkylation sites (tertiary alicyclic amines) is 1. The van der Waals surface area contributed by atoms with Gasteiger partial charge in [-0.3, -0.25) is 9.69 Å². The minimum Gasteiger partial charge on any atom is -0.419 e. The van der Waals surface area contributed by atoms with Crippen molar-refractivity contribution < 1.29 is 9.21 Å². The van der Waals surface area contributed by atoms with Crippen molar-refractivity contribution >= 4 is 17.5 Å². The molecule has 0 saturated carbocycles. The van der Waals surface area contributed by atoms with E-state index < -0.39 is 0 Å². The molecule has 1 atom stereocenters. The van der Waals surface area contributed by atoms with Gasteiger partial charge in [0.15, 0.2) is 0 Å². The van der Waals surface area contributed by atoms with E-state index in [-0.39, 0.29) is 11.9 Å². The van der Waals surface area contributed by atoms with Gasteiger partial charge in [-0.1, -0.05) is 11.6 Å². The van der Waals surface area contributed by atoms with Crippen LogP contribution in [0.4, 0.5) is 0 Å². The predicted octanol–water partition coefficient (Wildman–Crippen LogP) is 2.10. The lowest BCUT2D eigenvalue weighted by molar-refractivity contribution is -0.125. The summed E-state index contributed by atoms with van der Waals surface area (Å²) in [5.41, 5.74) is 0.826. The number of carbonyl (C=O) groups excluding carboxylic acids is 1. The molecule has 2 aromatic rings. The Balaban J connectivity index is 1.71. The summed E-state index contributed by atoms with van der Waals surface area (Å²) in [6.07, 6.45) is 1.86. The SMILES string of the molecule is CNC(=O)C1CCCN1Cc1nnc(-c2ccc(Cl)cc2)o1. The van der Waals surface area contributed by atoms with Gasteiger partial charge in [-0.25, -0.2) is 0 Å². The van der Waals surface area contributed by atoms with Crippen molar-refractivity contribution in [3.8, 4) is 11.5 Å². The van der Waals surface area contributed by atoms with Crippen LogP contribution in [0.3, 0.4) is 0 Å². The second-order valence-corrected chi connectivity index (χ2v) is 5.69. The smallest absolute Gasteiger partial charge is 0.247 e. The van der Waals surface area contributed by atoms with Crippen LogP contribution in [0, 0.1) is 0 Å². The normalized spacial score (nSPS) is 18.5. The lowest BCUT2D eigenvalue weighted by atomic mass is 10.2. The Labute approximate surface area is 133 Å². The second-order valence-electron chi connectivity index (χ2n) is 5.25. The number of aromatic nitrogens is 2. The fraction of sp³-hybridized carbons (Fsp3) is 0.400. The second kappa shape index (κ2) is 6.46. The molecular formula is C15H17ClN4O2. The number of hydrogen-bond acceptors (Lipinski definition) is 5. The molecule has 7 heteroatoms. The van der Waals surface area contributed by atoms with Gasteiger partial charge in [-0.05, 0) is 43.7 Å². The first-order valence-corrected chi connectivity index (χ1v) is 7.59. The third-order valence-corrected chi connectivity index (χ3v) is 4.06. The Kier molecular flexibility index (Phi) is 4.40. The number of likely N-dealkylation sites (N-methyl/N-ethyl adjacent to an activating group) is 1. The van der Waals surface area contributed by atoms with E-state index in [0.29, 0.717) is 23.3 Å². The molecule has 1 aliphatic heterocycles. The summed E-state index contributed by atoms with van der Waals surface area (Å²) in [5, 5.41) is 11.5. The zero-order valence-electron chi connectivity index (χ0n) is 12.3. The Morgan fingerprint density at radius 2 is 2.18 bits per heavy atom. The highest BCUT2D eigenvalue weighted by Gasteiger charge is 2.31. The molecule has 1 aliphatic rings. The molecule has 0 radical (unpaired) electrons. The molecule has 1 fully saturated rings. The average molecular weight is 321 g/mol. The van der Waals surface area contributed by atoms with Gasteiger partial charge in [0, 0.05) is 17.6 Å². The maximum atomic E-state index is 11.8. The molecule has 3 rings (SSSR count). The number of amides is 1. The Hall–Kier alpha value is -1.92. The summed E-state index contributed by atoms with van der Waals surface area (Å²) in [6.45, 7) is 1.34. The Morgan fingerprint density at radius 1 is 1.41 bits per heavy atom. The van der Waals surface area contributed by atoms with E-state index in [9.17, 15) is 4.79 Å². The third kappa shape index (κ3) is 3.13. The fourth-order valence-electron chi connectivity index (χ4n) is 2.68. The number of nitrogens with one attached hydrogen (secondary N) is 1. The van der Waals surface area contributed by atoms with Gasteiger partial charge < -0.3 is 9.73 Å². The molecule has 0 spiro atoms. The topological polar surface area (TPSA) is 71.3 Å². The van der Waals surface area contributed by atoms with Crippen LogP contribution < -0.4 is 5.32 Å². The summed E-state index contributed by atoms with van der Waals surface area (Å²) in [4.78, 5) is 13.9. The molecule has 116 valence electrons. The molecule has 22 heavy (non-hydrogen) atoms. The molecule has 1 amide bonds. The van der Waals surface area contributed by atoms with Crippen LogP contribution in [0.2, 0.25) is 5.02 Å². The van der Waals surface area contributed by atoms with E-state index in [2.05, 4.69) is 20.4 Å². The van der Waals surface area contributed by atoms with Gasteiger partial charge in [0.1, 0.15) is 0 Å². The van der Waals surface area contributed by atoms with Gasteiger partial charge in [-0.2, -0.15) is 0 Å². The summed E-state index contributed by atoms with van der Waals surface area (Å²) in [5.74, 6) is 1.01. The first kappa shape index (κ1) is 15.0. The maximum Gasteiger partial charge on any atom is 0.247 e. The molecular weight excluding hydrogens is 304 g/mol. The maximum absolute atomic E-state index is 11.8. The van der Waals surface area contributed by atoms with Crippen molar-refractivity contribution in [1.82, 2.24) is 20.4 Å². The lowest BCUT2D eigenvalue weighted by Crippen LogP contribution is -2.41. The van der Waals surface area contributed by atoms with Crippen molar-refractivity contribution in [1.29, 1.82) is 0 Å². The van der Waals surface area contributed by atoms with Crippen LogP contribution in [0.1, 0.15) is 18.7 Å². The van der Waals surface area contributed by atoms with Crippen molar-refractivity contribution in [3.63, 3.8) is 0 Å². The van der Waals surface area contributed by atoms with Crippen LogP contribution in [0.25, 0.3) is 11.5 Å². The zero-order valence-corrected chi connectivity index (χ0v) is 13.0. The molecule has 0 aliphatic carbocycles. The predicted molar refractivity (Wildman–Crippen MR) is 82.2 cm³/mol. The Bertz CT molecular complexity index is 656. The van der Waals surface area contributed by atoms with Crippen molar-refractivity contribution in [2.75, 3.05) is 13.6 Å². The summed E-state index contributed by atoms with van der Waals surface area (Å²) >= 11 is 5.87. The number of carbonyl (C=O) groups is 1. The average Bonchev–Trinajstić information content (AvgIpc) is 3.17. The van der Waals surface area contributed by atoms with Crippen LogP contribution in [0.15, 0.2) is 28.7 Å². The Morgan fingerprint density at radius 3 is 2.91 bits per heavy atom. The van der Waals surface area contributed by atoms with Crippen molar-refractivity contribution in [2.24, 2.45) is 0 Å². The molecule has 1 N–H and O–H groups in total. The molecule has 6 nitrogen and oxygen atoms in total. The monoisotopic (exact) mass is 320 g/mol. The first-order valence-electron chi connectivity index (χ1n) is 7.21. The fourth-order valence-corrected chi connectivity index (χ4v) is 2.81. The summed E-state index contributed by atoms with van der Waals surface area (Å²) < 4.78 is 5.69. The first-order chi connectivity index (χ1) is 10.7. The van der Waals surface area contributed by atoms with E-state index >= 15 is 0 Å². The zero-order chi connectivity index (χ0) is 15.5. The van der Waals surface area contributed by atoms with E-state index in [1.165, 1.54) is 0 Å². The van der Waals surface area contributed by atoms with Gasteiger partial charge >= 0.3 is 0 Å². The van der Waals surface area contributed by atoms with Crippen LogP contribution in [-0.4, -0.2) is 40.6 Å². The molecule has 1 unspecified atom stereocenters. The van der Waals surface area contributed by atoms with E-state index in [1.54, 1.807) is 19.2 Å².